The Labute approximate surface area is 104 Å². The summed E-state index contributed by atoms with van der Waals surface area (Å²) in [5.74, 6) is -0.483. The smallest absolute Gasteiger partial charge is 0.384 e. The standard InChI is InChI=1S/C11H19F3N2O2/c1-16(7-11(12,13)14)9(17)10(8-18-2)3-5-15-6-4-10/h15H,3-8H2,1-2H3. The van der Waals surface area contributed by atoms with Gasteiger partial charge >= 0.3 is 6.18 Å². The molecule has 18 heavy (non-hydrogen) atoms. The summed E-state index contributed by atoms with van der Waals surface area (Å²) in [5, 5.41) is 3.09. The maximum absolute atomic E-state index is 12.3. The molecule has 0 aromatic rings. The molecule has 1 heterocycles. The third-order valence-corrected chi connectivity index (χ3v) is 3.20. The van der Waals surface area contributed by atoms with Gasteiger partial charge in [0.25, 0.3) is 0 Å². The average molecular weight is 268 g/mol. The van der Waals surface area contributed by atoms with Gasteiger partial charge in [0.1, 0.15) is 6.54 Å². The number of nitrogens with one attached hydrogen (secondary N) is 1. The van der Waals surface area contributed by atoms with Crippen LogP contribution in [0.4, 0.5) is 13.2 Å². The third-order valence-electron chi connectivity index (χ3n) is 3.20. The molecule has 0 spiro atoms. The second-order valence-electron chi connectivity index (χ2n) is 4.74. The number of rotatable bonds is 4. The fourth-order valence-electron chi connectivity index (χ4n) is 2.35. The molecule has 4 nitrogen and oxygen atoms in total. The maximum atomic E-state index is 12.3. The van der Waals surface area contributed by atoms with Crippen LogP contribution in [0.25, 0.3) is 0 Å². The molecule has 0 bridgehead atoms. The molecule has 0 radical (unpaired) electrons. The number of carbonyl (C=O) groups is 1. The minimum atomic E-state index is -4.37. The van der Waals surface area contributed by atoms with E-state index in [0.717, 1.165) is 4.90 Å². The highest BCUT2D eigenvalue weighted by atomic mass is 19.4. The van der Waals surface area contributed by atoms with Crippen LogP contribution in [0.5, 0.6) is 0 Å². The van der Waals surface area contributed by atoms with E-state index in [1.54, 1.807) is 0 Å². The van der Waals surface area contributed by atoms with E-state index in [2.05, 4.69) is 5.32 Å². The summed E-state index contributed by atoms with van der Waals surface area (Å²) < 4.78 is 41.9. The van der Waals surface area contributed by atoms with Gasteiger partial charge in [-0.2, -0.15) is 13.2 Å². The first-order valence-corrected chi connectivity index (χ1v) is 5.83. The Kier molecular flexibility index (Phi) is 4.98. The maximum Gasteiger partial charge on any atom is 0.406 e. The summed E-state index contributed by atoms with van der Waals surface area (Å²) in [6.45, 7) is 0.185. The highest BCUT2D eigenvalue weighted by Crippen LogP contribution is 2.32. The van der Waals surface area contributed by atoms with E-state index < -0.39 is 24.0 Å². The molecule has 1 rings (SSSR count). The van der Waals surface area contributed by atoms with Gasteiger partial charge in [0.15, 0.2) is 0 Å². The second-order valence-corrected chi connectivity index (χ2v) is 4.74. The third kappa shape index (κ3) is 3.84. The highest BCUT2D eigenvalue weighted by molar-refractivity contribution is 5.83. The van der Waals surface area contributed by atoms with Crippen LogP contribution >= 0.6 is 0 Å². The van der Waals surface area contributed by atoms with Gasteiger partial charge in [-0.1, -0.05) is 0 Å². The normalized spacial score (nSPS) is 19.6. The van der Waals surface area contributed by atoms with Crippen molar-refractivity contribution < 1.29 is 22.7 Å². The minimum Gasteiger partial charge on any atom is -0.384 e. The van der Waals surface area contributed by atoms with Gasteiger partial charge < -0.3 is 15.0 Å². The fraction of sp³-hybridized carbons (Fsp3) is 0.909. The van der Waals surface area contributed by atoms with Crippen molar-refractivity contribution in [1.29, 1.82) is 0 Å². The highest BCUT2D eigenvalue weighted by Gasteiger charge is 2.43. The lowest BCUT2D eigenvalue weighted by Gasteiger charge is -2.38. The van der Waals surface area contributed by atoms with Gasteiger partial charge in [0.2, 0.25) is 5.91 Å². The zero-order valence-corrected chi connectivity index (χ0v) is 10.6. The molecule has 1 aliphatic rings. The molecule has 1 fully saturated rings. The van der Waals surface area contributed by atoms with Crippen molar-refractivity contribution in [3.05, 3.63) is 0 Å². The van der Waals surface area contributed by atoms with Crippen LogP contribution in [0.2, 0.25) is 0 Å². The van der Waals surface area contributed by atoms with Crippen LogP contribution in [0.1, 0.15) is 12.8 Å². The first-order chi connectivity index (χ1) is 8.31. The van der Waals surface area contributed by atoms with Crippen molar-refractivity contribution in [3.63, 3.8) is 0 Å². The molecule has 0 aromatic heterocycles. The van der Waals surface area contributed by atoms with E-state index in [9.17, 15) is 18.0 Å². The van der Waals surface area contributed by atoms with E-state index in [1.807, 2.05) is 0 Å². The molecule has 0 atom stereocenters. The molecule has 7 heteroatoms. The van der Waals surface area contributed by atoms with Gasteiger partial charge in [-0.05, 0) is 25.9 Å². The zero-order chi connectivity index (χ0) is 13.8. The average Bonchev–Trinajstić information content (AvgIpc) is 2.27. The number of methoxy groups -OCH3 is 1. The zero-order valence-electron chi connectivity index (χ0n) is 10.6. The summed E-state index contributed by atoms with van der Waals surface area (Å²) in [4.78, 5) is 13.0. The van der Waals surface area contributed by atoms with Gasteiger partial charge in [0, 0.05) is 14.2 Å². The quantitative estimate of drug-likeness (QED) is 0.828. The lowest BCUT2D eigenvalue weighted by molar-refractivity contribution is -0.168. The lowest BCUT2D eigenvalue weighted by Crippen LogP contribution is -2.52. The number of carbonyl (C=O) groups excluding carboxylic acids is 1. The minimum absolute atomic E-state index is 0.162. The van der Waals surface area contributed by atoms with E-state index in [0.29, 0.717) is 25.9 Å². The Bertz CT molecular complexity index is 283. The molecule has 1 N–H and O–H groups in total. The first kappa shape index (κ1) is 15.2. The van der Waals surface area contributed by atoms with E-state index in [1.165, 1.54) is 14.2 Å². The van der Waals surface area contributed by atoms with E-state index >= 15 is 0 Å². The van der Waals surface area contributed by atoms with Crippen LogP contribution in [-0.2, 0) is 9.53 Å². The Morgan fingerprint density at radius 3 is 2.39 bits per heavy atom. The largest absolute Gasteiger partial charge is 0.406 e. The molecular formula is C11H19F3N2O2. The SMILES string of the molecule is COCC1(C(=O)N(C)CC(F)(F)F)CCNCC1. The van der Waals surface area contributed by atoms with Gasteiger partial charge in [0.05, 0.1) is 12.0 Å². The number of amides is 1. The molecule has 0 saturated carbocycles. The van der Waals surface area contributed by atoms with Crippen molar-refractivity contribution in [3.8, 4) is 0 Å². The van der Waals surface area contributed by atoms with Crippen LogP contribution in [0, 0.1) is 5.41 Å². The molecule has 1 aliphatic heterocycles. The van der Waals surface area contributed by atoms with Crippen molar-refractivity contribution in [2.75, 3.05) is 40.4 Å². The number of ether oxygens (including phenoxy) is 1. The molecule has 106 valence electrons. The Balaban J connectivity index is 2.75. The molecular weight excluding hydrogens is 249 g/mol. The molecule has 0 aliphatic carbocycles. The Hall–Kier alpha value is -0.820. The van der Waals surface area contributed by atoms with E-state index in [-0.39, 0.29) is 6.61 Å². The van der Waals surface area contributed by atoms with Crippen molar-refractivity contribution in [2.24, 2.45) is 5.41 Å². The number of alkyl halides is 3. The molecule has 0 unspecified atom stereocenters. The summed E-state index contributed by atoms with van der Waals surface area (Å²) in [5.41, 5.74) is -0.819. The Morgan fingerprint density at radius 1 is 1.39 bits per heavy atom. The van der Waals surface area contributed by atoms with Crippen LogP contribution in [-0.4, -0.2) is 57.4 Å². The van der Waals surface area contributed by atoms with Crippen LogP contribution in [0.3, 0.4) is 0 Å². The lowest BCUT2D eigenvalue weighted by atomic mass is 9.78. The summed E-state index contributed by atoms with van der Waals surface area (Å²) >= 11 is 0. The number of hydrogen-bond donors (Lipinski definition) is 1. The monoisotopic (exact) mass is 268 g/mol. The number of hydrogen-bond acceptors (Lipinski definition) is 3. The van der Waals surface area contributed by atoms with Crippen LogP contribution in [0.15, 0.2) is 0 Å². The van der Waals surface area contributed by atoms with Gasteiger partial charge in [-0.15, -0.1) is 0 Å². The van der Waals surface area contributed by atoms with Gasteiger partial charge in [-0.25, -0.2) is 0 Å². The molecule has 1 saturated heterocycles. The summed E-state index contributed by atoms with van der Waals surface area (Å²) in [6, 6.07) is 0. The number of nitrogens with zero attached hydrogens (tertiary/aromatic N) is 1. The fourth-order valence-corrected chi connectivity index (χ4v) is 2.35. The number of halogens is 3. The predicted octanol–water partition coefficient (Wildman–Crippen LogP) is 1.02. The van der Waals surface area contributed by atoms with Gasteiger partial charge in [-0.3, -0.25) is 4.79 Å². The molecule has 1 amide bonds. The Morgan fingerprint density at radius 2 is 1.94 bits per heavy atom. The topological polar surface area (TPSA) is 41.6 Å². The van der Waals surface area contributed by atoms with Crippen molar-refractivity contribution in [1.82, 2.24) is 10.2 Å². The summed E-state index contributed by atoms with van der Waals surface area (Å²) in [7, 11) is 2.65. The van der Waals surface area contributed by atoms with E-state index in [4.69, 9.17) is 4.74 Å². The first-order valence-electron chi connectivity index (χ1n) is 5.83. The van der Waals surface area contributed by atoms with Crippen molar-refractivity contribution in [2.45, 2.75) is 19.0 Å². The predicted molar refractivity (Wildman–Crippen MR) is 60.1 cm³/mol. The summed E-state index contributed by atoms with van der Waals surface area (Å²) in [6.07, 6.45) is -3.37. The molecule has 0 aromatic carbocycles. The number of piperidine rings is 1. The van der Waals surface area contributed by atoms with Crippen molar-refractivity contribution >= 4 is 5.91 Å². The second kappa shape index (κ2) is 5.88. The van der Waals surface area contributed by atoms with Crippen LogP contribution < -0.4 is 5.32 Å².